The summed E-state index contributed by atoms with van der Waals surface area (Å²) in [6.07, 6.45) is -4.68. The first-order valence-electron chi connectivity index (χ1n) is 6.30. The summed E-state index contributed by atoms with van der Waals surface area (Å²) in [6.45, 7) is 6.86. The number of aromatic hydroxyl groups is 1. The number of halogens is 4. The predicted octanol–water partition coefficient (Wildman–Crippen LogP) is 3.36. The highest BCUT2D eigenvalue weighted by atomic mass is 35.5. The van der Waals surface area contributed by atoms with Gasteiger partial charge in [0.05, 0.1) is 16.8 Å². The van der Waals surface area contributed by atoms with Crippen molar-refractivity contribution in [3.8, 4) is 5.75 Å². The lowest BCUT2D eigenvalue weighted by atomic mass is 9.75. The first-order chi connectivity index (χ1) is 9.35. The van der Waals surface area contributed by atoms with Crippen LogP contribution in [0.2, 0.25) is 5.02 Å². The number of hydrogen-bond donors (Lipinski definition) is 1. The number of hydrogen-bond acceptors (Lipinski definition) is 3. The van der Waals surface area contributed by atoms with Crippen molar-refractivity contribution in [3.63, 3.8) is 0 Å². The maximum Gasteiger partial charge on any atom is 0.499 e. The van der Waals surface area contributed by atoms with E-state index in [0.717, 1.165) is 12.1 Å². The van der Waals surface area contributed by atoms with Gasteiger partial charge in [-0.25, -0.2) is 0 Å². The van der Waals surface area contributed by atoms with Crippen LogP contribution in [0.3, 0.4) is 0 Å². The summed E-state index contributed by atoms with van der Waals surface area (Å²) in [5, 5.41) is 9.68. The minimum Gasteiger partial charge on any atom is -0.508 e. The molecule has 1 aromatic rings. The third kappa shape index (κ3) is 2.87. The van der Waals surface area contributed by atoms with Crippen LogP contribution in [0.4, 0.5) is 13.2 Å². The molecule has 8 heteroatoms. The van der Waals surface area contributed by atoms with E-state index in [4.69, 9.17) is 20.9 Å². The molecule has 0 unspecified atom stereocenters. The van der Waals surface area contributed by atoms with E-state index in [1.807, 2.05) is 0 Å². The number of phenolic OH excluding ortho intramolecular Hbond substituents is 1. The molecule has 1 N–H and O–H groups in total. The van der Waals surface area contributed by atoms with Gasteiger partial charge in [-0.1, -0.05) is 11.6 Å². The Morgan fingerprint density at radius 3 is 2.00 bits per heavy atom. The minimum absolute atomic E-state index is 0.208. The lowest BCUT2D eigenvalue weighted by Gasteiger charge is -2.32. The highest BCUT2D eigenvalue weighted by Crippen LogP contribution is 2.40. The maximum atomic E-state index is 13.2. The molecule has 0 bridgehead atoms. The highest BCUT2D eigenvalue weighted by Gasteiger charge is 2.54. The van der Waals surface area contributed by atoms with E-state index in [9.17, 15) is 18.3 Å². The van der Waals surface area contributed by atoms with E-state index in [-0.39, 0.29) is 5.02 Å². The van der Waals surface area contributed by atoms with E-state index < -0.39 is 41.3 Å². The van der Waals surface area contributed by atoms with Gasteiger partial charge in [0, 0.05) is 10.5 Å². The van der Waals surface area contributed by atoms with E-state index in [1.54, 1.807) is 27.7 Å². The van der Waals surface area contributed by atoms with Crippen molar-refractivity contribution < 1.29 is 27.6 Å². The number of benzene rings is 1. The second-order valence-corrected chi connectivity index (χ2v) is 6.41. The van der Waals surface area contributed by atoms with Crippen LogP contribution in [0.5, 0.6) is 5.75 Å². The van der Waals surface area contributed by atoms with Crippen molar-refractivity contribution in [2.45, 2.75) is 45.1 Å². The molecule has 2 rings (SSSR count). The Bertz CT molecular complexity index is 557. The molecule has 1 fully saturated rings. The van der Waals surface area contributed by atoms with Crippen LogP contribution in [0.1, 0.15) is 33.3 Å². The van der Waals surface area contributed by atoms with Crippen LogP contribution in [-0.4, -0.2) is 23.4 Å². The Morgan fingerprint density at radius 1 is 1.10 bits per heavy atom. The molecular weight excluding hydrogens is 307 g/mol. The fourth-order valence-corrected chi connectivity index (χ4v) is 2.26. The fourth-order valence-electron chi connectivity index (χ4n) is 2.05. The Balaban J connectivity index is 2.56. The number of alkyl halides is 3. The van der Waals surface area contributed by atoms with Gasteiger partial charge < -0.3 is 14.4 Å². The van der Waals surface area contributed by atoms with Crippen LogP contribution in [-0.2, 0) is 15.5 Å². The predicted molar refractivity (Wildman–Crippen MR) is 73.8 cm³/mol. The maximum absolute atomic E-state index is 13.2. The molecule has 1 aromatic carbocycles. The molecule has 116 valence electrons. The second-order valence-electron chi connectivity index (χ2n) is 5.97. The van der Waals surface area contributed by atoms with Gasteiger partial charge in [-0.15, -0.1) is 0 Å². The standard InChI is InChI=1S/C13H15BClF3O3/c1-11(2)12(3,4)21-14(20-11)10-8(13(16,17)18)5-7(15)6-9(10)19/h5-6,19H,1-4H3. The number of phenols is 1. The lowest BCUT2D eigenvalue weighted by molar-refractivity contribution is -0.137. The molecule has 1 aliphatic rings. The summed E-state index contributed by atoms with van der Waals surface area (Å²) >= 11 is 5.61. The highest BCUT2D eigenvalue weighted by molar-refractivity contribution is 6.63. The number of rotatable bonds is 1. The van der Waals surface area contributed by atoms with Crippen molar-refractivity contribution in [2.24, 2.45) is 0 Å². The van der Waals surface area contributed by atoms with Gasteiger partial charge in [0.1, 0.15) is 5.75 Å². The van der Waals surface area contributed by atoms with Gasteiger partial charge in [-0.3, -0.25) is 0 Å². The molecule has 0 aromatic heterocycles. The zero-order chi connectivity index (χ0) is 16.2. The molecule has 0 radical (unpaired) electrons. The lowest BCUT2D eigenvalue weighted by Crippen LogP contribution is -2.41. The quantitative estimate of drug-likeness (QED) is 0.806. The van der Waals surface area contributed by atoms with E-state index in [2.05, 4.69) is 0 Å². The van der Waals surface area contributed by atoms with Gasteiger partial charge in [0.2, 0.25) is 0 Å². The summed E-state index contributed by atoms with van der Waals surface area (Å²) in [5.74, 6) is -0.603. The largest absolute Gasteiger partial charge is 0.508 e. The van der Waals surface area contributed by atoms with Gasteiger partial charge in [0.25, 0.3) is 0 Å². The molecule has 1 saturated heterocycles. The molecular formula is C13H15BClF3O3. The minimum atomic E-state index is -4.68. The molecule has 0 amide bonds. The van der Waals surface area contributed by atoms with Crippen LogP contribution in [0.15, 0.2) is 12.1 Å². The molecule has 0 spiro atoms. The molecule has 0 aliphatic carbocycles. The van der Waals surface area contributed by atoms with E-state index in [0.29, 0.717) is 0 Å². The molecule has 1 heterocycles. The van der Waals surface area contributed by atoms with Crippen LogP contribution < -0.4 is 5.46 Å². The Morgan fingerprint density at radius 2 is 1.57 bits per heavy atom. The topological polar surface area (TPSA) is 38.7 Å². The van der Waals surface area contributed by atoms with Crippen molar-refractivity contribution in [2.75, 3.05) is 0 Å². The van der Waals surface area contributed by atoms with Crippen molar-refractivity contribution >= 4 is 24.2 Å². The molecule has 3 nitrogen and oxygen atoms in total. The monoisotopic (exact) mass is 322 g/mol. The normalized spacial score (nSPS) is 20.9. The second kappa shape index (κ2) is 4.79. The SMILES string of the molecule is CC1(C)OB(c2c(O)cc(Cl)cc2C(F)(F)F)OC1(C)C. The van der Waals surface area contributed by atoms with Crippen LogP contribution >= 0.6 is 11.6 Å². The van der Waals surface area contributed by atoms with Gasteiger partial charge in [-0.05, 0) is 39.8 Å². The first kappa shape index (κ1) is 16.5. The Kier molecular flexibility index (Phi) is 3.76. The van der Waals surface area contributed by atoms with Gasteiger partial charge in [0.15, 0.2) is 0 Å². The van der Waals surface area contributed by atoms with E-state index >= 15 is 0 Å². The molecule has 1 aliphatic heterocycles. The zero-order valence-electron chi connectivity index (χ0n) is 12.0. The van der Waals surface area contributed by atoms with Crippen molar-refractivity contribution in [1.29, 1.82) is 0 Å². The molecule has 0 atom stereocenters. The van der Waals surface area contributed by atoms with E-state index in [1.165, 1.54) is 0 Å². The molecule has 21 heavy (non-hydrogen) atoms. The fraction of sp³-hybridized carbons (Fsp3) is 0.538. The third-order valence-electron chi connectivity index (χ3n) is 3.92. The smallest absolute Gasteiger partial charge is 0.499 e. The summed E-state index contributed by atoms with van der Waals surface area (Å²) in [6, 6.07) is 1.79. The summed E-state index contributed by atoms with van der Waals surface area (Å²) in [7, 11) is -1.32. The van der Waals surface area contributed by atoms with Gasteiger partial charge in [-0.2, -0.15) is 13.2 Å². The average molecular weight is 323 g/mol. The summed E-state index contributed by atoms with van der Waals surface area (Å²) < 4.78 is 50.7. The third-order valence-corrected chi connectivity index (χ3v) is 4.14. The Hall–Kier alpha value is -0.915. The van der Waals surface area contributed by atoms with Crippen molar-refractivity contribution in [1.82, 2.24) is 0 Å². The van der Waals surface area contributed by atoms with Crippen molar-refractivity contribution in [3.05, 3.63) is 22.7 Å². The molecule has 0 saturated carbocycles. The zero-order valence-corrected chi connectivity index (χ0v) is 12.8. The summed E-state index contributed by atoms with van der Waals surface area (Å²) in [4.78, 5) is 0. The Labute approximate surface area is 126 Å². The average Bonchev–Trinajstić information content (AvgIpc) is 2.44. The van der Waals surface area contributed by atoms with Gasteiger partial charge >= 0.3 is 13.3 Å². The van der Waals surface area contributed by atoms with Crippen LogP contribution in [0.25, 0.3) is 0 Å². The van der Waals surface area contributed by atoms with Crippen LogP contribution in [0, 0.1) is 0 Å². The first-order valence-corrected chi connectivity index (χ1v) is 6.68. The summed E-state index contributed by atoms with van der Waals surface area (Å²) in [5.41, 5.74) is -3.14.